The van der Waals surface area contributed by atoms with Gasteiger partial charge in [0.25, 0.3) is 0 Å². The number of aromatic nitrogens is 1. The summed E-state index contributed by atoms with van der Waals surface area (Å²) in [7, 11) is 5.17. The average molecular weight is 644 g/mol. The Hall–Kier alpha value is -5.70. The Labute approximate surface area is 277 Å². The summed E-state index contributed by atoms with van der Waals surface area (Å²) in [6, 6.07) is 21.1. The van der Waals surface area contributed by atoms with Crippen LogP contribution in [-0.4, -0.2) is 43.8 Å². The molecule has 48 heavy (non-hydrogen) atoms. The molecule has 0 spiro atoms. The molecule has 0 saturated carbocycles. The van der Waals surface area contributed by atoms with Crippen LogP contribution >= 0.6 is 0 Å². The van der Waals surface area contributed by atoms with Crippen LogP contribution in [-0.2, 0) is 24.7 Å². The third kappa shape index (κ3) is 5.12. The average Bonchev–Trinajstić information content (AvgIpc) is 3.79. The number of allylic oxidation sites excluding steroid dienone is 1. The fourth-order valence-corrected chi connectivity index (χ4v) is 6.87. The monoisotopic (exact) mass is 643 g/mol. The Kier molecular flexibility index (Phi) is 7.32. The van der Waals surface area contributed by atoms with Crippen LogP contribution in [0, 0.1) is 0 Å². The first-order chi connectivity index (χ1) is 23.4. The molecule has 1 aromatic heterocycles. The predicted molar refractivity (Wildman–Crippen MR) is 179 cm³/mol. The van der Waals surface area contributed by atoms with Gasteiger partial charge in [-0.1, -0.05) is 18.2 Å². The number of nitrogens with zero attached hydrogens (tertiary/aromatic N) is 1. The number of fused-ring (bicyclic) bond motifs is 5. The zero-order valence-electron chi connectivity index (χ0n) is 26.8. The van der Waals surface area contributed by atoms with Gasteiger partial charge in [-0.25, -0.2) is 0 Å². The number of ether oxygens (including phenoxy) is 6. The zero-order valence-corrected chi connectivity index (χ0v) is 26.8. The lowest BCUT2D eigenvalue weighted by molar-refractivity contribution is -0.135. The maximum absolute atomic E-state index is 13.7. The van der Waals surface area contributed by atoms with Crippen molar-refractivity contribution in [2.75, 3.05) is 27.4 Å². The number of methoxy groups -OCH3 is 2. The van der Waals surface area contributed by atoms with Gasteiger partial charge in [0, 0.05) is 54.0 Å². The van der Waals surface area contributed by atoms with Gasteiger partial charge in [0.2, 0.25) is 5.78 Å². The minimum absolute atomic E-state index is 0.0755. The third-order valence-corrected chi connectivity index (χ3v) is 9.29. The van der Waals surface area contributed by atoms with Crippen LogP contribution in [0.25, 0.3) is 17.0 Å². The molecule has 242 valence electrons. The van der Waals surface area contributed by atoms with Crippen LogP contribution in [0.5, 0.6) is 34.5 Å². The molecule has 8 rings (SSSR count). The van der Waals surface area contributed by atoms with Gasteiger partial charge in [-0.2, -0.15) is 0 Å². The molecule has 0 bridgehead atoms. The van der Waals surface area contributed by atoms with Crippen molar-refractivity contribution in [2.24, 2.45) is 7.05 Å². The minimum Gasteiger partial charge on any atom is -0.497 e. The molecule has 3 aliphatic rings. The molecule has 0 fully saturated rings. The summed E-state index contributed by atoms with van der Waals surface area (Å²) < 4.78 is 37.0. The molecular weight excluding hydrogens is 610 g/mol. The van der Waals surface area contributed by atoms with Gasteiger partial charge in [0.05, 0.1) is 39.4 Å². The van der Waals surface area contributed by atoms with E-state index in [1.54, 1.807) is 32.4 Å². The Morgan fingerprint density at radius 1 is 0.917 bits per heavy atom. The van der Waals surface area contributed by atoms with Gasteiger partial charge in [0.1, 0.15) is 23.0 Å². The molecule has 0 N–H and O–H groups in total. The van der Waals surface area contributed by atoms with Crippen molar-refractivity contribution >= 4 is 28.7 Å². The molecule has 3 aliphatic heterocycles. The molecule has 5 aromatic rings. The lowest BCUT2D eigenvalue weighted by Gasteiger charge is -2.27. The molecule has 4 aromatic carbocycles. The quantitative estimate of drug-likeness (QED) is 0.103. The highest BCUT2D eigenvalue weighted by Crippen LogP contribution is 2.50. The number of carbonyl (C=O) groups excluding carboxylic acids is 2. The smallest absolute Gasteiger partial charge is 0.312 e. The van der Waals surface area contributed by atoms with E-state index in [-0.39, 0.29) is 23.9 Å². The van der Waals surface area contributed by atoms with E-state index in [4.69, 9.17) is 28.4 Å². The van der Waals surface area contributed by atoms with Gasteiger partial charge in [-0.05, 0) is 71.3 Å². The maximum atomic E-state index is 13.7. The van der Waals surface area contributed by atoms with E-state index in [0.29, 0.717) is 47.2 Å². The van der Waals surface area contributed by atoms with Crippen LogP contribution in [0.3, 0.4) is 0 Å². The van der Waals surface area contributed by atoms with Gasteiger partial charge in [-0.15, -0.1) is 0 Å². The summed E-state index contributed by atoms with van der Waals surface area (Å²) in [5.41, 5.74) is 6.10. The standard InChI is InChI=1S/C39H33NO8/c1-40-21-25(28-19-26(43-2)6-8-30(28)40)18-35-38(42)27-7-11-33-37(39(27)48-35)29(20-36(41)47-33)23-5-10-32(44-3)34(17-23)46-14-12-22-4-9-31-24(16-22)13-15-45-31/h4-11,16-19,21,29H,12-15,20H2,1-3H3/b35-18-/t29-/m1/s1. The number of hydrogen-bond donors (Lipinski definition) is 0. The van der Waals surface area contributed by atoms with Crippen LogP contribution < -0.4 is 28.4 Å². The predicted octanol–water partition coefficient (Wildman–Crippen LogP) is 6.81. The van der Waals surface area contributed by atoms with Crippen molar-refractivity contribution in [1.29, 1.82) is 0 Å². The number of ketones is 1. The zero-order chi connectivity index (χ0) is 32.9. The van der Waals surface area contributed by atoms with E-state index < -0.39 is 5.92 Å². The number of hydrogen-bond acceptors (Lipinski definition) is 8. The highest BCUT2D eigenvalue weighted by atomic mass is 16.5. The van der Waals surface area contributed by atoms with Gasteiger partial charge in [0.15, 0.2) is 17.3 Å². The normalized spacial score (nSPS) is 17.0. The van der Waals surface area contributed by atoms with Crippen molar-refractivity contribution < 1.29 is 38.0 Å². The van der Waals surface area contributed by atoms with Gasteiger partial charge >= 0.3 is 5.97 Å². The van der Waals surface area contributed by atoms with E-state index in [9.17, 15) is 9.59 Å². The lowest BCUT2D eigenvalue weighted by atomic mass is 9.84. The van der Waals surface area contributed by atoms with E-state index >= 15 is 0 Å². The van der Waals surface area contributed by atoms with Crippen molar-refractivity contribution in [1.82, 2.24) is 4.57 Å². The Morgan fingerprint density at radius 2 is 1.79 bits per heavy atom. The number of carbonyl (C=O) groups is 2. The fraction of sp³-hybridized carbons (Fsp3) is 0.231. The Morgan fingerprint density at radius 3 is 2.65 bits per heavy atom. The summed E-state index contributed by atoms with van der Waals surface area (Å²) in [6.07, 6.45) is 5.41. The van der Waals surface area contributed by atoms with Crippen molar-refractivity contribution in [3.05, 3.63) is 112 Å². The highest BCUT2D eigenvalue weighted by Gasteiger charge is 2.39. The second-order valence-corrected chi connectivity index (χ2v) is 12.2. The van der Waals surface area contributed by atoms with Crippen molar-refractivity contribution in [2.45, 2.75) is 25.2 Å². The summed E-state index contributed by atoms with van der Waals surface area (Å²) in [5.74, 6) is 2.76. The molecule has 4 heterocycles. The van der Waals surface area contributed by atoms with Crippen molar-refractivity contribution in [3.8, 4) is 34.5 Å². The summed E-state index contributed by atoms with van der Waals surface area (Å²) >= 11 is 0. The molecule has 0 radical (unpaired) electrons. The van der Waals surface area contributed by atoms with Crippen LogP contribution in [0.2, 0.25) is 0 Å². The second kappa shape index (κ2) is 11.8. The molecule has 0 saturated heterocycles. The number of esters is 1. The van der Waals surface area contributed by atoms with E-state index in [1.165, 1.54) is 11.1 Å². The largest absolute Gasteiger partial charge is 0.497 e. The summed E-state index contributed by atoms with van der Waals surface area (Å²) in [4.78, 5) is 26.6. The van der Waals surface area contributed by atoms with E-state index in [0.717, 1.165) is 46.6 Å². The number of Topliss-reactive ketones (excluding diaryl/α,β-unsaturated/α-hetero) is 1. The SMILES string of the molecule is COc1ccc2c(c1)c(/C=C1\Oc3c(ccc4c3[C@@H](c3ccc(OC)c(OCCc5ccc6c(c5)CCO6)c3)CC(=O)O4)C1=O)cn2C. The van der Waals surface area contributed by atoms with E-state index in [2.05, 4.69) is 12.1 Å². The fourth-order valence-electron chi connectivity index (χ4n) is 6.87. The van der Waals surface area contributed by atoms with Gasteiger partial charge in [-0.3, -0.25) is 9.59 Å². The number of rotatable bonds is 8. The molecule has 0 aliphatic carbocycles. The Bertz CT molecular complexity index is 2160. The molecule has 0 amide bonds. The first-order valence-electron chi connectivity index (χ1n) is 15.9. The molecule has 9 nitrogen and oxygen atoms in total. The van der Waals surface area contributed by atoms with Gasteiger partial charge < -0.3 is 33.0 Å². The van der Waals surface area contributed by atoms with Crippen LogP contribution in [0.15, 0.2) is 78.7 Å². The van der Waals surface area contributed by atoms with E-state index in [1.807, 2.05) is 60.3 Å². The first kappa shape index (κ1) is 29.7. The third-order valence-electron chi connectivity index (χ3n) is 9.29. The van der Waals surface area contributed by atoms with Crippen LogP contribution in [0.4, 0.5) is 0 Å². The van der Waals surface area contributed by atoms with Crippen molar-refractivity contribution in [3.63, 3.8) is 0 Å². The maximum Gasteiger partial charge on any atom is 0.312 e. The number of benzene rings is 4. The second-order valence-electron chi connectivity index (χ2n) is 12.2. The number of aryl methyl sites for hydroxylation is 1. The Balaban J connectivity index is 1.11. The first-order valence-corrected chi connectivity index (χ1v) is 15.9. The van der Waals surface area contributed by atoms with Crippen LogP contribution in [0.1, 0.15) is 50.5 Å². The molecule has 1 atom stereocenters. The minimum atomic E-state index is -0.435. The highest BCUT2D eigenvalue weighted by molar-refractivity contribution is 6.15. The molecule has 0 unspecified atom stereocenters. The topological polar surface area (TPSA) is 94.5 Å². The molecule has 9 heteroatoms. The molecular formula is C39H33NO8. The summed E-state index contributed by atoms with van der Waals surface area (Å²) in [5, 5.41) is 0.932. The lowest BCUT2D eigenvalue weighted by Crippen LogP contribution is -2.21. The summed E-state index contributed by atoms with van der Waals surface area (Å²) in [6.45, 7) is 1.15.